The van der Waals surface area contributed by atoms with E-state index in [4.69, 9.17) is 9.47 Å². The van der Waals surface area contributed by atoms with Gasteiger partial charge in [0.2, 0.25) is 0 Å². The highest BCUT2D eigenvalue weighted by Crippen LogP contribution is 2.23. The number of hydrogen-bond donors (Lipinski definition) is 1. The minimum absolute atomic E-state index is 0.261. The molecule has 2 fully saturated rings. The lowest BCUT2D eigenvalue weighted by molar-refractivity contribution is 0.0264. The molecule has 2 aliphatic rings. The molecule has 4 nitrogen and oxygen atoms in total. The third kappa shape index (κ3) is 4.11. The molecule has 0 spiro atoms. The summed E-state index contributed by atoms with van der Waals surface area (Å²) in [7, 11) is 0. The molecule has 0 amide bonds. The molecule has 21 heavy (non-hydrogen) atoms. The fraction of sp³-hybridized carbons (Fsp3) is 0.647. The van der Waals surface area contributed by atoms with Crippen LogP contribution >= 0.6 is 0 Å². The number of nitrogens with one attached hydrogen (secondary N) is 1. The van der Waals surface area contributed by atoms with E-state index in [1.54, 1.807) is 0 Å². The lowest BCUT2D eigenvalue weighted by Crippen LogP contribution is -2.27. The number of anilines is 1. The molecule has 1 N–H and O–H groups in total. The van der Waals surface area contributed by atoms with Crippen LogP contribution in [0.2, 0.25) is 0 Å². The molecular formula is C17H26N2O2. The van der Waals surface area contributed by atoms with Gasteiger partial charge in [-0.25, -0.2) is 0 Å². The molecule has 2 aliphatic heterocycles. The van der Waals surface area contributed by atoms with Crippen molar-refractivity contribution in [1.82, 2.24) is 5.32 Å². The van der Waals surface area contributed by atoms with Gasteiger partial charge in [-0.1, -0.05) is 0 Å². The van der Waals surface area contributed by atoms with Crippen LogP contribution in [0.4, 0.5) is 5.69 Å². The third-order valence-corrected chi connectivity index (χ3v) is 4.30. The number of benzene rings is 1. The minimum atomic E-state index is 0.261. The first kappa shape index (κ1) is 14.7. The number of nitrogens with zero attached hydrogens (tertiary/aromatic N) is 1. The van der Waals surface area contributed by atoms with Crippen molar-refractivity contribution in [3.63, 3.8) is 0 Å². The summed E-state index contributed by atoms with van der Waals surface area (Å²) in [5.41, 5.74) is 1.29. The van der Waals surface area contributed by atoms with Gasteiger partial charge in [0.1, 0.15) is 12.4 Å². The van der Waals surface area contributed by atoms with E-state index in [1.807, 2.05) is 0 Å². The van der Waals surface area contributed by atoms with Crippen molar-refractivity contribution in [3.8, 4) is 5.75 Å². The van der Waals surface area contributed by atoms with Crippen LogP contribution in [0.1, 0.15) is 26.2 Å². The Morgan fingerprint density at radius 3 is 2.81 bits per heavy atom. The molecule has 0 aliphatic carbocycles. The Bertz CT molecular complexity index is 427. The molecule has 2 heterocycles. The van der Waals surface area contributed by atoms with Gasteiger partial charge in [0.05, 0.1) is 12.2 Å². The summed E-state index contributed by atoms with van der Waals surface area (Å²) in [5.74, 6) is 0.940. The van der Waals surface area contributed by atoms with Crippen LogP contribution in [-0.4, -0.2) is 45.0 Å². The zero-order valence-electron chi connectivity index (χ0n) is 12.9. The lowest BCUT2D eigenvalue weighted by atomic mass is 10.2. The average Bonchev–Trinajstić information content (AvgIpc) is 2.76. The predicted molar refractivity (Wildman–Crippen MR) is 85.2 cm³/mol. The Balaban J connectivity index is 1.51. The van der Waals surface area contributed by atoms with Crippen LogP contribution in [0.5, 0.6) is 5.75 Å². The van der Waals surface area contributed by atoms with Crippen molar-refractivity contribution >= 4 is 5.69 Å². The van der Waals surface area contributed by atoms with E-state index < -0.39 is 0 Å². The van der Waals surface area contributed by atoms with Crippen LogP contribution < -0.4 is 15.0 Å². The number of ether oxygens (including phenoxy) is 2. The van der Waals surface area contributed by atoms with Crippen molar-refractivity contribution in [2.45, 2.75) is 38.4 Å². The second-order valence-corrected chi connectivity index (χ2v) is 6.04. The molecule has 3 rings (SSSR count). The highest BCUT2D eigenvalue weighted by atomic mass is 16.5. The average molecular weight is 290 g/mol. The Morgan fingerprint density at radius 1 is 1.19 bits per heavy atom. The monoisotopic (exact) mass is 290 g/mol. The van der Waals surface area contributed by atoms with E-state index >= 15 is 0 Å². The van der Waals surface area contributed by atoms with Crippen LogP contribution in [-0.2, 0) is 4.74 Å². The lowest BCUT2D eigenvalue weighted by Gasteiger charge is -2.22. The van der Waals surface area contributed by atoms with Gasteiger partial charge < -0.3 is 19.7 Å². The Kier molecular flexibility index (Phi) is 4.99. The summed E-state index contributed by atoms with van der Waals surface area (Å²) in [6, 6.07) is 8.48. The van der Waals surface area contributed by atoms with Crippen molar-refractivity contribution < 1.29 is 9.47 Å². The standard InChI is InChI=1S/C17H26N2O2/c1-14-3-6-17(21-14)13-20-16-7-4-15(5-8-16)19-11-2-9-18-10-12-19/h4-5,7-8,14,17-18H,2-3,6,9-13H2,1H3. The Labute approximate surface area is 127 Å². The maximum Gasteiger partial charge on any atom is 0.119 e. The summed E-state index contributed by atoms with van der Waals surface area (Å²) >= 11 is 0. The smallest absolute Gasteiger partial charge is 0.119 e. The van der Waals surface area contributed by atoms with E-state index in [-0.39, 0.29) is 6.10 Å². The fourth-order valence-corrected chi connectivity index (χ4v) is 3.05. The van der Waals surface area contributed by atoms with Gasteiger partial charge in [0, 0.05) is 25.3 Å². The van der Waals surface area contributed by atoms with Crippen molar-refractivity contribution in [1.29, 1.82) is 0 Å². The Morgan fingerprint density at radius 2 is 2.05 bits per heavy atom. The molecule has 116 valence electrons. The molecular weight excluding hydrogens is 264 g/mol. The first-order valence-corrected chi connectivity index (χ1v) is 8.15. The molecule has 2 atom stereocenters. The normalized spacial score (nSPS) is 26.6. The van der Waals surface area contributed by atoms with Crippen molar-refractivity contribution in [3.05, 3.63) is 24.3 Å². The molecule has 0 saturated carbocycles. The first-order chi connectivity index (χ1) is 10.3. The van der Waals surface area contributed by atoms with E-state index in [0.717, 1.165) is 44.8 Å². The third-order valence-electron chi connectivity index (χ3n) is 4.30. The van der Waals surface area contributed by atoms with E-state index in [9.17, 15) is 0 Å². The minimum Gasteiger partial charge on any atom is -0.491 e. The summed E-state index contributed by atoms with van der Waals surface area (Å²) in [4.78, 5) is 2.44. The zero-order valence-corrected chi connectivity index (χ0v) is 12.9. The second-order valence-electron chi connectivity index (χ2n) is 6.04. The molecule has 0 radical (unpaired) electrons. The van der Waals surface area contributed by atoms with Gasteiger partial charge in [-0.05, 0) is 57.0 Å². The summed E-state index contributed by atoms with van der Waals surface area (Å²) in [5, 5.41) is 3.43. The maximum atomic E-state index is 5.85. The summed E-state index contributed by atoms with van der Waals surface area (Å²) in [6.45, 7) is 7.18. The SMILES string of the molecule is CC1CCC(COc2ccc(N3CCCNCC3)cc2)O1. The highest BCUT2D eigenvalue weighted by molar-refractivity contribution is 5.49. The zero-order chi connectivity index (χ0) is 14.5. The van der Waals surface area contributed by atoms with Gasteiger partial charge in [-0.15, -0.1) is 0 Å². The quantitative estimate of drug-likeness (QED) is 0.923. The summed E-state index contributed by atoms with van der Waals surface area (Å²) < 4.78 is 11.6. The topological polar surface area (TPSA) is 33.7 Å². The number of rotatable bonds is 4. The van der Waals surface area contributed by atoms with Gasteiger partial charge in [0.15, 0.2) is 0 Å². The van der Waals surface area contributed by atoms with E-state index in [2.05, 4.69) is 41.4 Å². The van der Waals surface area contributed by atoms with Gasteiger partial charge in [-0.2, -0.15) is 0 Å². The van der Waals surface area contributed by atoms with Crippen molar-refractivity contribution in [2.24, 2.45) is 0 Å². The van der Waals surface area contributed by atoms with Crippen LogP contribution in [0.15, 0.2) is 24.3 Å². The van der Waals surface area contributed by atoms with Gasteiger partial charge >= 0.3 is 0 Å². The van der Waals surface area contributed by atoms with Crippen LogP contribution in [0, 0.1) is 0 Å². The van der Waals surface area contributed by atoms with Gasteiger partial charge in [-0.3, -0.25) is 0 Å². The largest absolute Gasteiger partial charge is 0.491 e. The predicted octanol–water partition coefficient (Wildman–Crippen LogP) is 2.43. The maximum absolute atomic E-state index is 5.85. The molecule has 4 heteroatoms. The summed E-state index contributed by atoms with van der Waals surface area (Å²) in [6.07, 6.45) is 4.11. The fourth-order valence-electron chi connectivity index (χ4n) is 3.05. The molecule has 2 unspecified atom stereocenters. The Hall–Kier alpha value is -1.26. The van der Waals surface area contributed by atoms with Crippen LogP contribution in [0.3, 0.4) is 0 Å². The molecule has 1 aromatic rings. The molecule has 0 aromatic heterocycles. The molecule has 0 bridgehead atoms. The first-order valence-electron chi connectivity index (χ1n) is 8.15. The van der Waals surface area contributed by atoms with E-state index in [1.165, 1.54) is 12.1 Å². The van der Waals surface area contributed by atoms with Gasteiger partial charge in [0.25, 0.3) is 0 Å². The number of hydrogen-bond acceptors (Lipinski definition) is 4. The molecule has 2 saturated heterocycles. The highest BCUT2D eigenvalue weighted by Gasteiger charge is 2.22. The molecule has 1 aromatic carbocycles. The van der Waals surface area contributed by atoms with Crippen LogP contribution in [0.25, 0.3) is 0 Å². The van der Waals surface area contributed by atoms with Crippen molar-refractivity contribution in [2.75, 3.05) is 37.7 Å². The second kappa shape index (κ2) is 7.14. The van der Waals surface area contributed by atoms with E-state index in [0.29, 0.717) is 12.7 Å².